The van der Waals surface area contributed by atoms with Gasteiger partial charge in [0.05, 0.1) is 17.0 Å². The van der Waals surface area contributed by atoms with Crippen molar-refractivity contribution in [3.05, 3.63) is 109 Å². The van der Waals surface area contributed by atoms with Gasteiger partial charge in [0.15, 0.2) is 5.43 Å². The van der Waals surface area contributed by atoms with Gasteiger partial charge in [-0.3, -0.25) is 14.6 Å². The molecule has 7 heteroatoms. The van der Waals surface area contributed by atoms with Gasteiger partial charge in [-0.05, 0) is 53.9 Å². The lowest BCUT2D eigenvalue weighted by atomic mass is 9.98. The number of carbonyl (C=O) groups is 1. The molecule has 3 heterocycles. The molecule has 1 amide bonds. The van der Waals surface area contributed by atoms with Crippen LogP contribution in [-0.2, 0) is 6.54 Å². The number of benzene rings is 2. The minimum atomic E-state index is -0.637. The SMILES string of the molecule is Cc1cc2oc3c(c(=O)c2cc1Cl)C(c1cccc(Cl)c1)N(Cc1cccnc1)C3=O. The van der Waals surface area contributed by atoms with E-state index in [9.17, 15) is 9.59 Å². The Morgan fingerprint density at radius 3 is 2.68 bits per heavy atom. The van der Waals surface area contributed by atoms with Gasteiger partial charge in [0.1, 0.15) is 5.58 Å². The van der Waals surface area contributed by atoms with Gasteiger partial charge in [0.25, 0.3) is 5.91 Å². The Labute approximate surface area is 187 Å². The Bertz CT molecular complexity index is 1400. The minimum absolute atomic E-state index is 0.0492. The summed E-state index contributed by atoms with van der Waals surface area (Å²) < 4.78 is 5.98. The molecular formula is C24H16Cl2N2O3. The average Bonchev–Trinajstić information content (AvgIpc) is 3.03. The summed E-state index contributed by atoms with van der Waals surface area (Å²) in [6, 6.07) is 13.5. The Hall–Kier alpha value is -3.15. The molecule has 0 N–H and O–H groups in total. The first-order valence-electron chi connectivity index (χ1n) is 9.66. The number of fused-ring (bicyclic) bond motifs is 2. The maximum absolute atomic E-state index is 13.6. The molecule has 5 rings (SSSR count). The fourth-order valence-electron chi connectivity index (χ4n) is 4.02. The third-order valence-corrected chi connectivity index (χ3v) is 6.13. The number of hydrogen-bond donors (Lipinski definition) is 0. The fraction of sp³-hybridized carbons (Fsp3) is 0.125. The quantitative estimate of drug-likeness (QED) is 0.410. The number of halogens is 2. The number of pyridine rings is 1. The van der Waals surface area contributed by atoms with E-state index in [-0.39, 0.29) is 23.6 Å². The number of carbonyl (C=O) groups excluding carboxylic acids is 1. The average molecular weight is 451 g/mol. The summed E-state index contributed by atoms with van der Waals surface area (Å²) in [4.78, 5) is 32.7. The first-order valence-corrected chi connectivity index (χ1v) is 10.4. The number of aromatic nitrogens is 1. The molecule has 0 saturated carbocycles. The molecule has 0 saturated heterocycles. The van der Waals surface area contributed by atoms with Gasteiger partial charge in [-0.25, -0.2) is 0 Å². The molecule has 2 aromatic carbocycles. The van der Waals surface area contributed by atoms with Crippen molar-refractivity contribution in [1.29, 1.82) is 0 Å². The van der Waals surface area contributed by atoms with Crippen molar-refractivity contribution in [2.75, 3.05) is 0 Å². The van der Waals surface area contributed by atoms with E-state index in [1.165, 1.54) is 0 Å². The zero-order valence-electron chi connectivity index (χ0n) is 16.4. The lowest BCUT2D eigenvalue weighted by Gasteiger charge is -2.25. The second-order valence-electron chi connectivity index (χ2n) is 7.52. The van der Waals surface area contributed by atoms with Crippen molar-refractivity contribution in [1.82, 2.24) is 9.88 Å². The van der Waals surface area contributed by atoms with Crippen molar-refractivity contribution in [3.63, 3.8) is 0 Å². The number of aryl methyl sites for hydroxylation is 1. The topological polar surface area (TPSA) is 63.4 Å². The molecule has 154 valence electrons. The van der Waals surface area contributed by atoms with Gasteiger partial charge in [-0.1, -0.05) is 41.4 Å². The van der Waals surface area contributed by atoms with E-state index in [1.54, 1.807) is 53.7 Å². The third-order valence-electron chi connectivity index (χ3n) is 5.49. The lowest BCUT2D eigenvalue weighted by Crippen LogP contribution is -2.29. The Morgan fingerprint density at radius 2 is 1.94 bits per heavy atom. The maximum atomic E-state index is 13.6. The summed E-state index contributed by atoms with van der Waals surface area (Å²) in [5.74, 6) is -0.302. The first kappa shape index (κ1) is 19.8. The smallest absolute Gasteiger partial charge is 0.291 e. The standard InChI is InChI=1S/C24H16Cl2N2O3/c1-13-8-19-17(10-18(13)26)22(29)20-21(15-5-2-6-16(25)9-15)28(24(30)23(20)31-19)12-14-4-3-7-27-11-14/h2-11,21H,12H2,1H3. The number of rotatable bonds is 3. The normalized spacial score (nSPS) is 15.5. The van der Waals surface area contributed by atoms with Crippen LogP contribution in [0.15, 0.2) is 70.1 Å². The zero-order valence-corrected chi connectivity index (χ0v) is 17.9. The van der Waals surface area contributed by atoms with E-state index in [2.05, 4.69) is 4.98 Å². The predicted molar refractivity (Wildman–Crippen MR) is 120 cm³/mol. The van der Waals surface area contributed by atoms with Gasteiger partial charge >= 0.3 is 0 Å². The van der Waals surface area contributed by atoms with E-state index >= 15 is 0 Å². The highest BCUT2D eigenvalue weighted by atomic mass is 35.5. The van der Waals surface area contributed by atoms with Crippen LogP contribution in [0, 0.1) is 6.92 Å². The Morgan fingerprint density at radius 1 is 1.10 bits per heavy atom. The van der Waals surface area contributed by atoms with Crippen LogP contribution in [0.3, 0.4) is 0 Å². The van der Waals surface area contributed by atoms with Gasteiger partial charge in [0.2, 0.25) is 5.76 Å². The summed E-state index contributed by atoms with van der Waals surface area (Å²) in [6.07, 6.45) is 3.36. The Kier molecular flexibility index (Phi) is 4.80. The summed E-state index contributed by atoms with van der Waals surface area (Å²) >= 11 is 12.5. The van der Waals surface area contributed by atoms with Crippen LogP contribution in [0.5, 0.6) is 0 Å². The van der Waals surface area contributed by atoms with E-state index in [1.807, 2.05) is 19.1 Å². The monoisotopic (exact) mass is 450 g/mol. The Balaban J connectivity index is 1.76. The summed E-state index contributed by atoms with van der Waals surface area (Å²) in [6.45, 7) is 2.09. The first-order chi connectivity index (χ1) is 14.9. The molecule has 2 aromatic heterocycles. The van der Waals surface area contributed by atoms with Crippen LogP contribution < -0.4 is 5.43 Å². The second kappa shape index (κ2) is 7.52. The van der Waals surface area contributed by atoms with Crippen LogP contribution in [0.4, 0.5) is 0 Å². The van der Waals surface area contributed by atoms with E-state index in [0.717, 1.165) is 16.7 Å². The predicted octanol–water partition coefficient (Wildman–Crippen LogP) is 5.55. The summed E-state index contributed by atoms with van der Waals surface area (Å²) in [5.41, 5.74) is 2.70. The zero-order chi connectivity index (χ0) is 21.7. The molecule has 1 aliphatic heterocycles. The summed E-state index contributed by atoms with van der Waals surface area (Å²) in [7, 11) is 0. The molecule has 0 spiro atoms. The van der Waals surface area contributed by atoms with Crippen molar-refractivity contribution < 1.29 is 9.21 Å². The fourth-order valence-corrected chi connectivity index (χ4v) is 4.38. The van der Waals surface area contributed by atoms with Crippen LogP contribution in [0.2, 0.25) is 10.0 Å². The molecule has 1 unspecified atom stereocenters. The molecule has 4 aromatic rings. The van der Waals surface area contributed by atoms with E-state index in [0.29, 0.717) is 26.6 Å². The molecule has 0 aliphatic carbocycles. The van der Waals surface area contributed by atoms with Gasteiger partial charge in [0, 0.05) is 29.0 Å². The molecule has 1 atom stereocenters. The van der Waals surface area contributed by atoms with Crippen molar-refractivity contribution in [2.24, 2.45) is 0 Å². The molecule has 0 fully saturated rings. The number of amides is 1. The van der Waals surface area contributed by atoms with Crippen molar-refractivity contribution >= 4 is 40.1 Å². The van der Waals surface area contributed by atoms with Crippen molar-refractivity contribution in [2.45, 2.75) is 19.5 Å². The molecule has 0 bridgehead atoms. The van der Waals surface area contributed by atoms with E-state index in [4.69, 9.17) is 27.6 Å². The van der Waals surface area contributed by atoms with Crippen LogP contribution >= 0.6 is 23.2 Å². The molecular weight excluding hydrogens is 435 g/mol. The second-order valence-corrected chi connectivity index (χ2v) is 8.37. The minimum Gasteiger partial charge on any atom is -0.450 e. The molecule has 31 heavy (non-hydrogen) atoms. The van der Waals surface area contributed by atoms with Gasteiger partial charge in [-0.15, -0.1) is 0 Å². The molecule has 0 radical (unpaired) electrons. The van der Waals surface area contributed by atoms with Gasteiger partial charge in [-0.2, -0.15) is 0 Å². The molecule has 5 nitrogen and oxygen atoms in total. The number of nitrogens with zero attached hydrogens (tertiary/aromatic N) is 2. The lowest BCUT2D eigenvalue weighted by molar-refractivity contribution is 0.0714. The number of hydrogen-bond acceptors (Lipinski definition) is 4. The molecule has 1 aliphatic rings. The van der Waals surface area contributed by atoms with Crippen LogP contribution in [0.1, 0.15) is 38.9 Å². The highest BCUT2D eigenvalue weighted by molar-refractivity contribution is 6.32. The highest BCUT2D eigenvalue weighted by Gasteiger charge is 2.42. The largest absolute Gasteiger partial charge is 0.450 e. The summed E-state index contributed by atoms with van der Waals surface area (Å²) in [5, 5.41) is 1.33. The van der Waals surface area contributed by atoms with E-state index < -0.39 is 6.04 Å². The van der Waals surface area contributed by atoms with Crippen LogP contribution in [0.25, 0.3) is 11.0 Å². The van der Waals surface area contributed by atoms with Crippen LogP contribution in [-0.4, -0.2) is 15.8 Å². The maximum Gasteiger partial charge on any atom is 0.291 e. The third kappa shape index (κ3) is 3.30. The highest BCUT2D eigenvalue weighted by Crippen LogP contribution is 2.40. The van der Waals surface area contributed by atoms with Gasteiger partial charge < -0.3 is 9.32 Å². The van der Waals surface area contributed by atoms with Crippen molar-refractivity contribution in [3.8, 4) is 0 Å².